The Morgan fingerprint density at radius 3 is 2.32 bits per heavy atom. The van der Waals surface area contributed by atoms with Crippen LogP contribution in [-0.2, 0) is 0 Å². The molecule has 1 heterocycles. The summed E-state index contributed by atoms with van der Waals surface area (Å²) in [6, 6.07) is 18.2. The lowest BCUT2D eigenvalue weighted by atomic mass is 10.1. The van der Waals surface area contributed by atoms with E-state index in [-0.39, 0.29) is 11.9 Å². The van der Waals surface area contributed by atoms with Crippen LogP contribution in [0.1, 0.15) is 32.1 Å². The molecule has 3 nitrogen and oxygen atoms in total. The van der Waals surface area contributed by atoms with Crippen LogP contribution in [0.3, 0.4) is 0 Å². The van der Waals surface area contributed by atoms with Crippen LogP contribution in [0.2, 0.25) is 0 Å². The Bertz CT molecular complexity index is 683. The summed E-state index contributed by atoms with van der Waals surface area (Å²) in [4.78, 5) is 14.8. The summed E-state index contributed by atoms with van der Waals surface area (Å²) in [5, 5.41) is 3.18. The molecule has 2 aromatic carbocycles. The highest BCUT2D eigenvalue weighted by atomic mass is 32.2. The van der Waals surface area contributed by atoms with Gasteiger partial charge >= 0.3 is 0 Å². The van der Waals surface area contributed by atoms with Gasteiger partial charge in [0.1, 0.15) is 0 Å². The van der Waals surface area contributed by atoms with Crippen molar-refractivity contribution in [2.45, 2.75) is 10.6 Å². The molecule has 0 aromatic heterocycles. The molecule has 1 aliphatic rings. The number of thioether (sulfide) groups is 2. The van der Waals surface area contributed by atoms with Gasteiger partial charge in [0.2, 0.25) is 0 Å². The minimum atomic E-state index is -0.0238. The summed E-state index contributed by atoms with van der Waals surface area (Å²) >= 11 is 3.96. The predicted octanol–water partition coefficient (Wildman–Crippen LogP) is 4.20. The van der Waals surface area contributed by atoms with E-state index < -0.39 is 0 Å². The van der Waals surface area contributed by atoms with Gasteiger partial charge < -0.3 is 10.2 Å². The number of rotatable bonds is 6. The highest BCUT2D eigenvalue weighted by Gasteiger charge is 2.20. The van der Waals surface area contributed by atoms with Crippen LogP contribution in [0.4, 0.5) is 0 Å². The molecule has 0 bridgehead atoms. The maximum Gasteiger partial charge on any atom is 0.251 e. The van der Waals surface area contributed by atoms with Crippen molar-refractivity contribution in [1.82, 2.24) is 10.2 Å². The van der Waals surface area contributed by atoms with Crippen molar-refractivity contribution in [1.29, 1.82) is 0 Å². The first-order chi connectivity index (χ1) is 12.1. The zero-order chi connectivity index (χ0) is 17.6. The molecule has 1 fully saturated rings. The average molecular weight is 373 g/mol. The first-order valence-electron chi connectivity index (χ1n) is 8.47. The molecule has 25 heavy (non-hydrogen) atoms. The molecule has 5 heteroatoms. The van der Waals surface area contributed by atoms with Gasteiger partial charge in [-0.3, -0.25) is 4.79 Å². The summed E-state index contributed by atoms with van der Waals surface area (Å²) in [6.07, 6.45) is 0. The van der Waals surface area contributed by atoms with Crippen molar-refractivity contribution in [3.8, 4) is 0 Å². The SMILES string of the molecule is CN(C)C[C@H](NC(=O)c1ccc(C2SCCS2)cc1)c1ccccc1. The maximum absolute atomic E-state index is 12.7. The summed E-state index contributed by atoms with van der Waals surface area (Å²) in [5.41, 5.74) is 3.15. The number of benzene rings is 2. The lowest BCUT2D eigenvalue weighted by Gasteiger charge is -2.23. The molecular weight excluding hydrogens is 348 g/mol. The van der Waals surface area contributed by atoms with E-state index in [1.807, 2.05) is 68.0 Å². The molecule has 1 amide bonds. The van der Waals surface area contributed by atoms with E-state index in [2.05, 4.69) is 34.5 Å². The third-order valence-electron chi connectivity index (χ3n) is 4.12. The van der Waals surface area contributed by atoms with Crippen LogP contribution in [-0.4, -0.2) is 43.0 Å². The van der Waals surface area contributed by atoms with Crippen molar-refractivity contribution in [3.05, 3.63) is 71.3 Å². The fourth-order valence-electron chi connectivity index (χ4n) is 2.87. The summed E-state index contributed by atoms with van der Waals surface area (Å²) in [7, 11) is 4.04. The number of carbonyl (C=O) groups is 1. The lowest BCUT2D eigenvalue weighted by Crippen LogP contribution is -2.35. The van der Waals surface area contributed by atoms with E-state index >= 15 is 0 Å². The molecule has 1 saturated heterocycles. The molecule has 1 N–H and O–H groups in total. The van der Waals surface area contributed by atoms with E-state index in [0.717, 1.165) is 17.7 Å². The van der Waals surface area contributed by atoms with Crippen LogP contribution in [0.25, 0.3) is 0 Å². The summed E-state index contributed by atoms with van der Waals surface area (Å²) in [6.45, 7) is 0.767. The van der Waals surface area contributed by atoms with Crippen molar-refractivity contribution < 1.29 is 4.79 Å². The molecule has 3 rings (SSSR count). The second kappa shape index (κ2) is 8.79. The maximum atomic E-state index is 12.7. The molecule has 0 spiro atoms. The van der Waals surface area contributed by atoms with Crippen molar-refractivity contribution >= 4 is 29.4 Å². The molecule has 1 aliphatic heterocycles. The Kier molecular flexibility index (Phi) is 6.45. The lowest BCUT2D eigenvalue weighted by molar-refractivity contribution is 0.0930. The van der Waals surface area contributed by atoms with Crippen LogP contribution in [0.5, 0.6) is 0 Å². The molecule has 0 unspecified atom stereocenters. The first-order valence-corrected chi connectivity index (χ1v) is 10.6. The smallest absolute Gasteiger partial charge is 0.251 e. The number of hydrogen-bond donors (Lipinski definition) is 1. The third kappa shape index (κ3) is 5.03. The van der Waals surface area contributed by atoms with Crippen molar-refractivity contribution in [2.75, 3.05) is 32.1 Å². The number of carbonyl (C=O) groups excluding carboxylic acids is 1. The molecular formula is C20H24N2OS2. The zero-order valence-electron chi connectivity index (χ0n) is 14.6. The molecule has 0 saturated carbocycles. The Balaban J connectivity index is 1.70. The predicted molar refractivity (Wildman–Crippen MR) is 109 cm³/mol. The fourth-order valence-corrected chi connectivity index (χ4v) is 5.73. The van der Waals surface area contributed by atoms with E-state index in [0.29, 0.717) is 4.58 Å². The molecule has 0 aliphatic carbocycles. The largest absolute Gasteiger partial charge is 0.344 e. The van der Waals surface area contributed by atoms with Gasteiger partial charge in [-0.15, -0.1) is 23.5 Å². The van der Waals surface area contributed by atoms with Crippen molar-refractivity contribution in [2.24, 2.45) is 0 Å². The third-order valence-corrected chi connectivity index (χ3v) is 7.23. The van der Waals surface area contributed by atoms with Gasteiger partial charge in [-0.2, -0.15) is 0 Å². The van der Waals surface area contributed by atoms with Gasteiger partial charge in [0.15, 0.2) is 0 Å². The molecule has 1 atom stereocenters. The van der Waals surface area contributed by atoms with E-state index in [4.69, 9.17) is 0 Å². The first kappa shape index (κ1) is 18.4. The zero-order valence-corrected chi connectivity index (χ0v) is 16.3. The Morgan fingerprint density at radius 1 is 1.08 bits per heavy atom. The number of nitrogens with one attached hydrogen (secondary N) is 1. The quantitative estimate of drug-likeness (QED) is 0.824. The van der Waals surface area contributed by atoms with Gasteiger partial charge in [-0.25, -0.2) is 0 Å². The van der Waals surface area contributed by atoms with E-state index in [1.54, 1.807) is 0 Å². The monoisotopic (exact) mass is 372 g/mol. The highest BCUT2D eigenvalue weighted by molar-refractivity contribution is 8.19. The van der Waals surface area contributed by atoms with E-state index in [9.17, 15) is 4.79 Å². The minimum absolute atomic E-state index is 0.0195. The molecule has 132 valence electrons. The summed E-state index contributed by atoms with van der Waals surface area (Å²) < 4.78 is 0.517. The minimum Gasteiger partial charge on any atom is -0.344 e. The molecule has 2 aromatic rings. The highest BCUT2D eigenvalue weighted by Crippen LogP contribution is 2.45. The number of likely N-dealkylation sites (N-methyl/N-ethyl adjacent to an activating group) is 1. The van der Waals surface area contributed by atoms with Gasteiger partial charge in [-0.1, -0.05) is 42.5 Å². The number of amides is 1. The standard InChI is InChI=1S/C20H24N2OS2/c1-22(2)14-18(15-6-4-3-5-7-15)21-19(23)16-8-10-17(11-9-16)20-24-12-13-25-20/h3-11,18,20H,12-14H2,1-2H3,(H,21,23)/t18-/m0/s1. The van der Waals surface area contributed by atoms with Crippen LogP contribution in [0, 0.1) is 0 Å². The number of hydrogen-bond acceptors (Lipinski definition) is 4. The summed E-state index contributed by atoms with van der Waals surface area (Å²) in [5.74, 6) is 2.40. The molecule has 0 radical (unpaired) electrons. The van der Waals surface area contributed by atoms with Crippen LogP contribution >= 0.6 is 23.5 Å². The van der Waals surface area contributed by atoms with Crippen molar-refractivity contribution in [3.63, 3.8) is 0 Å². The Morgan fingerprint density at radius 2 is 1.72 bits per heavy atom. The number of nitrogens with zero attached hydrogens (tertiary/aromatic N) is 1. The second-order valence-electron chi connectivity index (χ2n) is 6.39. The van der Waals surface area contributed by atoms with Crippen LogP contribution in [0.15, 0.2) is 54.6 Å². The Hall–Kier alpha value is -1.43. The topological polar surface area (TPSA) is 32.3 Å². The van der Waals surface area contributed by atoms with Gasteiger partial charge in [-0.05, 0) is 37.4 Å². The second-order valence-corrected chi connectivity index (χ2v) is 9.12. The van der Waals surface area contributed by atoms with Gasteiger partial charge in [0.25, 0.3) is 5.91 Å². The van der Waals surface area contributed by atoms with E-state index in [1.165, 1.54) is 17.1 Å². The average Bonchev–Trinajstić information content (AvgIpc) is 3.16. The van der Waals surface area contributed by atoms with Gasteiger partial charge in [0, 0.05) is 23.6 Å². The normalized spacial score (nSPS) is 16.1. The van der Waals surface area contributed by atoms with Gasteiger partial charge in [0.05, 0.1) is 10.6 Å². The van der Waals surface area contributed by atoms with Crippen LogP contribution < -0.4 is 5.32 Å². The Labute approximate surface area is 158 Å². The fraction of sp³-hybridized carbons (Fsp3) is 0.350.